The summed E-state index contributed by atoms with van der Waals surface area (Å²) in [5.74, 6) is 0. The topological polar surface area (TPSA) is 12.0 Å². The summed E-state index contributed by atoms with van der Waals surface area (Å²) in [4.78, 5) is 0. The highest BCUT2D eigenvalue weighted by atomic mass is 127. The minimum atomic E-state index is 0.167. The molecule has 2 aromatic carbocycles. The van der Waals surface area contributed by atoms with Gasteiger partial charge in [0.2, 0.25) is 0 Å². The van der Waals surface area contributed by atoms with E-state index in [0.717, 1.165) is 23.2 Å². The van der Waals surface area contributed by atoms with Crippen molar-refractivity contribution >= 4 is 71.7 Å². The molecule has 0 amide bonds. The number of rotatable bonds is 3. The Hall–Kier alpha value is 0.220. The van der Waals surface area contributed by atoms with Crippen LogP contribution in [0.5, 0.6) is 0 Å². The fourth-order valence-electron chi connectivity index (χ4n) is 1.77. The molecule has 100 valence electrons. The molecule has 0 aliphatic heterocycles. The molecule has 5 heteroatoms. The molecule has 0 saturated carbocycles. The summed E-state index contributed by atoms with van der Waals surface area (Å²) in [6.45, 7) is 2.11. The smallest absolute Gasteiger partial charge is 0.0648 e. The second kappa shape index (κ2) is 6.78. The van der Waals surface area contributed by atoms with Gasteiger partial charge >= 0.3 is 0 Å². The third-order valence-electron chi connectivity index (χ3n) is 2.73. The van der Waals surface area contributed by atoms with E-state index in [9.17, 15) is 0 Å². The van der Waals surface area contributed by atoms with E-state index in [1.807, 2.05) is 30.3 Å². The Morgan fingerprint density at radius 1 is 1.16 bits per heavy atom. The lowest BCUT2D eigenvalue weighted by molar-refractivity contribution is 0.878. The Morgan fingerprint density at radius 3 is 2.53 bits per heavy atom. The molecule has 0 aliphatic carbocycles. The summed E-state index contributed by atoms with van der Waals surface area (Å²) in [5, 5.41) is 4.18. The van der Waals surface area contributed by atoms with Crippen LogP contribution in [0.1, 0.15) is 18.5 Å². The number of hydrogen-bond donors (Lipinski definition) is 1. The van der Waals surface area contributed by atoms with Gasteiger partial charge in [-0.2, -0.15) is 0 Å². The first-order chi connectivity index (χ1) is 8.97. The van der Waals surface area contributed by atoms with Gasteiger partial charge in [0.25, 0.3) is 0 Å². The van der Waals surface area contributed by atoms with Gasteiger partial charge in [-0.1, -0.05) is 49.5 Å². The van der Waals surface area contributed by atoms with Crippen molar-refractivity contribution in [3.05, 3.63) is 59.5 Å². The zero-order valence-corrected chi connectivity index (χ0v) is 16.1. The number of benzene rings is 2. The summed E-state index contributed by atoms with van der Waals surface area (Å²) in [5.41, 5.74) is 2.14. The largest absolute Gasteiger partial charge is 0.377 e. The lowest BCUT2D eigenvalue weighted by atomic mass is 10.1. The third-order valence-corrected chi connectivity index (χ3v) is 4.90. The SMILES string of the molecule is CC(Nc1ccc(I)cc1Cl)c1ccc(Br)cc1Br. The van der Waals surface area contributed by atoms with E-state index >= 15 is 0 Å². The van der Waals surface area contributed by atoms with E-state index in [0.29, 0.717) is 0 Å². The van der Waals surface area contributed by atoms with E-state index < -0.39 is 0 Å². The number of halogens is 4. The van der Waals surface area contributed by atoms with Crippen molar-refractivity contribution in [2.45, 2.75) is 13.0 Å². The number of anilines is 1. The van der Waals surface area contributed by atoms with Crippen molar-refractivity contribution in [3.8, 4) is 0 Å². The first-order valence-corrected chi connectivity index (χ1v) is 8.68. The van der Waals surface area contributed by atoms with Gasteiger partial charge in [-0.05, 0) is 65.4 Å². The molecule has 0 fully saturated rings. The van der Waals surface area contributed by atoms with Gasteiger partial charge in [0.1, 0.15) is 0 Å². The quantitative estimate of drug-likeness (QED) is 0.452. The summed E-state index contributed by atoms with van der Waals surface area (Å²) >= 11 is 15.5. The lowest BCUT2D eigenvalue weighted by Crippen LogP contribution is -2.07. The molecule has 0 aliphatic rings. The highest BCUT2D eigenvalue weighted by Crippen LogP contribution is 2.31. The van der Waals surface area contributed by atoms with Crippen LogP contribution in [0, 0.1) is 3.57 Å². The van der Waals surface area contributed by atoms with Gasteiger partial charge in [-0.25, -0.2) is 0 Å². The number of hydrogen-bond acceptors (Lipinski definition) is 1. The Labute approximate surface area is 148 Å². The molecule has 1 nitrogen and oxygen atoms in total. The summed E-state index contributed by atoms with van der Waals surface area (Å²) in [6.07, 6.45) is 0. The molecule has 0 bridgehead atoms. The Kier molecular flexibility index (Phi) is 5.57. The highest BCUT2D eigenvalue weighted by Gasteiger charge is 2.11. The lowest BCUT2D eigenvalue weighted by Gasteiger charge is -2.18. The maximum atomic E-state index is 6.24. The molecule has 0 aromatic heterocycles. The zero-order valence-electron chi connectivity index (χ0n) is 10.1. The fraction of sp³-hybridized carbons (Fsp3) is 0.143. The van der Waals surface area contributed by atoms with Crippen LogP contribution in [0.25, 0.3) is 0 Å². The average Bonchev–Trinajstić information content (AvgIpc) is 2.32. The third kappa shape index (κ3) is 4.09. The molecule has 2 aromatic rings. The molecule has 1 atom stereocenters. The fourth-order valence-corrected chi connectivity index (χ4v) is 4.07. The van der Waals surface area contributed by atoms with Crippen molar-refractivity contribution in [1.29, 1.82) is 0 Å². The predicted molar refractivity (Wildman–Crippen MR) is 98.0 cm³/mol. The van der Waals surface area contributed by atoms with Gasteiger partial charge in [-0.3, -0.25) is 0 Å². The van der Waals surface area contributed by atoms with Gasteiger partial charge < -0.3 is 5.32 Å². The van der Waals surface area contributed by atoms with Crippen LogP contribution in [0.15, 0.2) is 45.3 Å². The molecule has 19 heavy (non-hydrogen) atoms. The minimum absolute atomic E-state index is 0.167. The molecular weight excluding hydrogens is 504 g/mol. The second-order valence-electron chi connectivity index (χ2n) is 4.16. The van der Waals surface area contributed by atoms with Crippen molar-refractivity contribution in [2.24, 2.45) is 0 Å². The van der Waals surface area contributed by atoms with Gasteiger partial charge in [0.05, 0.1) is 10.7 Å². The standard InChI is InChI=1S/C14H11Br2ClIN/c1-8(11-4-2-9(15)6-12(11)16)19-14-5-3-10(18)7-13(14)17/h2-8,19H,1H3. The van der Waals surface area contributed by atoms with E-state index in [1.54, 1.807) is 0 Å². The first kappa shape index (κ1) is 15.6. The summed E-state index contributed by atoms with van der Waals surface area (Å²) in [6, 6.07) is 12.3. The predicted octanol–water partition coefficient (Wildman–Crippen LogP) is 6.64. The van der Waals surface area contributed by atoms with E-state index in [-0.39, 0.29) is 6.04 Å². The normalized spacial score (nSPS) is 12.3. The number of nitrogens with one attached hydrogen (secondary N) is 1. The molecule has 0 spiro atoms. The van der Waals surface area contributed by atoms with Gasteiger partial charge in [0, 0.05) is 18.6 Å². The monoisotopic (exact) mass is 513 g/mol. The van der Waals surface area contributed by atoms with E-state index in [4.69, 9.17) is 11.6 Å². The van der Waals surface area contributed by atoms with Crippen LogP contribution in [0.2, 0.25) is 5.02 Å². The summed E-state index contributed by atoms with van der Waals surface area (Å²) in [7, 11) is 0. The van der Waals surface area contributed by atoms with Crippen LogP contribution in [-0.4, -0.2) is 0 Å². The first-order valence-electron chi connectivity index (χ1n) is 5.64. The van der Waals surface area contributed by atoms with Crippen LogP contribution < -0.4 is 5.32 Å². The molecule has 0 radical (unpaired) electrons. The van der Waals surface area contributed by atoms with Crippen LogP contribution in [-0.2, 0) is 0 Å². The van der Waals surface area contributed by atoms with Crippen LogP contribution in [0.3, 0.4) is 0 Å². The average molecular weight is 515 g/mol. The maximum absolute atomic E-state index is 6.24. The van der Waals surface area contributed by atoms with Crippen molar-refractivity contribution < 1.29 is 0 Å². The molecule has 1 unspecified atom stereocenters. The molecule has 0 heterocycles. The van der Waals surface area contributed by atoms with Gasteiger partial charge in [0.15, 0.2) is 0 Å². The Morgan fingerprint density at radius 2 is 1.89 bits per heavy atom. The minimum Gasteiger partial charge on any atom is -0.377 e. The second-order valence-corrected chi connectivity index (χ2v) is 7.58. The van der Waals surface area contributed by atoms with Crippen molar-refractivity contribution in [1.82, 2.24) is 0 Å². The zero-order chi connectivity index (χ0) is 14.0. The molecule has 1 N–H and O–H groups in total. The van der Waals surface area contributed by atoms with E-state index in [1.165, 1.54) is 5.56 Å². The van der Waals surface area contributed by atoms with Crippen molar-refractivity contribution in [2.75, 3.05) is 5.32 Å². The highest BCUT2D eigenvalue weighted by molar-refractivity contribution is 14.1. The van der Waals surface area contributed by atoms with Gasteiger partial charge in [-0.15, -0.1) is 0 Å². The molecule has 2 rings (SSSR count). The molecule has 0 saturated heterocycles. The maximum Gasteiger partial charge on any atom is 0.0648 e. The Bertz CT molecular complexity index is 604. The van der Waals surface area contributed by atoms with E-state index in [2.05, 4.69) is 72.8 Å². The Balaban J connectivity index is 2.23. The molecular formula is C14H11Br2ClIN. The van der Waals surface area contributed by atoms with Crippen molar-refractivity contribution in [3.63, 3.8) is 0 Å². The van der Waals surface area contributed by atoms with Crippen LogP contribution >= 0.6 is 66.1 Å². The van der Waals surface area contributed by atoms with Crippen LogP contribution in [0.4, 0.5) is 5.69 Å². The summed E-state index contributed by atoms with van der Waals surface area (Å²) < 4.78 is 3.26.